The average molecular weight is 358 g/mol. The number of hydrogen-bond donors (Lipinski definition) is 1. The molecular formula is C15H20FN2O5P. The highest BCUT2D eigenvalue weighted by Gasteiger charge is 2.28. The topological polar surface area (TPSA) is 90.4 Å². The lowest BCUT2D eigenvalue weighted by molar-refractivity contribution is 0.221. The number of nitrogens with one attached hydrogen (secondary N) is 1. The summed E-state index contributed by atoms with van der Waals surface area (Å²) < 4.78 is 37.2. The summed E-state index contributed by atoms with van der Waals surface area (Å²) in [6.07, 6.45) is 4.97. The van der Waals surface area contributed by atoms with Crippen LogP contribution in [0.3, 0.4) is 0 Å². The van der Waals surface area contributed by atoms with Crippen LogP contribution < -0.4 is 11.2 Å². The zero-order chi connectivity index (χ0) is 17.9. The number of hydrogen-bond acceptors (Lipinski definition) is 5. The van der Waals surface area contributed by atoms with Gasteiger partial charge in [-0.25, -0.2) is 9.18 Å². The van der Waals surface area contributed by atoms with E-state index in [1.54, 1.807) is 25.2 Å². The Labute approximate surface area is 138 Å². The van der Waals surface area contributed by atoms with E-state index in [-0.39, 0.29) is 12.3 Å². The van der Waals surface area contributed by atoms with Gasteiger partial charge in [0.1, 0.15) is 6.17 Å². The lowest BCUT2D eigenvalue weighted by Crippen LogP contribution is -2.37. The fourth-order valence-electron chi connectivity index (χ4n) is 2.48. The first-order valence-corrected chi connectivity index (χ1v) is 8.96. The molecule has 1 heterocycles. The number of allylic oxidation sites excluding steroid dienone is 3. The first-order valence-electron chi connectivity index (χ1n) is 7.34. The van der Waals surface area contributed by atoms with Crippen LogP contribution in [-0.4, -0.2) is 29.9 Å². The molecule has 0 amide bonds. The fourth-order valence-corrected chi connectivity index (χ4v) is 3.31. The molecule has 0 aromatic carbocycles. The van der Waals surface area contributed by atoms with Crippen molar-refractivity contribution in [2.45, 2.75) is 25.6 Å². The number of aryl methyl sites for hydroxylation is 1. The third kappa shape index (κ3) is 4.01. The van der Waals surface area contributed by atoms with E-state index in [0.717, 1.165) is 0 Å². The molecule has 1 aromatic heterocycles. The molecule has 24 heavy (non-hydrogen) atoms. The van der Waals surface area contributed by atoms with Gasteiger partial charge >= 0.3 is 13.3 Å². The van der Waals surface area contributed by atoms with Gasteiger partial charge < -0.3 is 9.05 Å². The molecule has 1 aliphatic rings. The SMILES string of the molecule is COP(=O)(/C=C/C1C=C[C@@H](n2cc(C)c(=O)[nH]c2=O)[C@H](F)C1)OC. The van der Waals surface area contributed by atoms with Crippen molar-refractivity contribution >= 4 is 7.60 Å². The summed E-state index contributed by atoms with van der Waals surface area (Å²) in [5, 5.41) is 0. The molecule has 9 heteroatoms. The van der Waals surface area contributed by atoms with E-state index in [1.807, 2.05) is 0 Å². The number of nitrogens with zero attached hydrogens (tertiary/aromatic N) is 1. The Morgan fingerprint density at radius 3 is 2.58 bits per heavy atom. The number of rotatable bonds is 5. The second kappa shape index (κ2) is 7.42. The van der Waals surface area contributed by atoms with Crippen molar-refractivity contribution in [2.24, 2.45) is 5.92 Å². The highest BCUT2D eigenvalue weighted by atomic mass is 31.2. The van der Waals surface area contributed by atoms with Crippen molar-refractivity contribution in [3.05, 3.63) is 56.6 Å². The number of aromatic amines is 1. The quantitative estimate of drug-likeness (QED) is 0.644. The lowest BCUT2D eigenvalue weighted by atomic mass is 9.91. The van der Waals surface area contributed by atoms with Crippen LogP contribution in [0, 0.1) is 12.8 Å². The van der Waals surface area contributed by atoms with Gasteiger partial charge in [-0.3, -0.25) is 18.9 Å². The maximum atomic E-state index is 14.5. The minimum Gasteiger partial charge on any atom is -0.309 e. The van der Waals surface area contributed by atoms with Crippen molar-refractivity contribution in [1.29, 1.82) is 0 Å². The summed E-state index contributed by atoms with van der Waals surface area (Å²) in [6.45, 7) is 1.55. The maximum Gasteiger partial charge on any atom is 0.353 e. The molecule has 1 N–H and O–H groups in total. The molecule has 0 radical (unpaired) electrons. The second-order valence-electron chi connectivity index (χ2n) is 5.52. The Kier molecular flexibility index (Phi) is 5.74. The maximum absolute atomic E-state index is 14.5. The van der Waals surface area contributed by atoms with E-state index in [0.29, 0.717) is 5.56 Å². The van der Waals surface area contributed by atoms with Crippen LogP contribution in [0.5, 0.6) is 0 Å². The van der Waals surface area contributed by atoms with E-state index in [9.17, 15) is 18.5 Å². The van der Waals surface area contributed by atoms with Gasteiger partial charge in [0.05, 0.1) is 6.04 Å². The highest BCUT2D eigenvalue weighted by molar-refractivity contribution is 7.57. The Hall–Kier alpha value is -1.76. The van der Waals surface area contributed by atoms with Crippen LogP contribution in [0.15, 0.2) is 39.8 Å². The monoisotopic (exact) mass is 358 g/mol. The van der Waals surface area contributed by atoms with E-state index < -0.39 is 31.1 Å². The number of halogens is 1. The van der Waals surface area contributed by atoms with E-state index in [4.69, 9.17) is 9.05 Å². The number of H-pyrrole nitrogens is 1. The molecular weight excluding hydrogens is 338 g/mol. The van der Waals surface area contributed by atoms with Crippen LogP contribution in [0.25, 0.3) is 0 Å². The zero-order valence-electron chi connectivity index (χ0n) is 13.6. The molecule has 0 aliphatic heterocycles. The Morgan fingerprint density at radius 2 is 2.00 bits per heavy atom. The van der Waals surface area contributed by atoms with Crippen LogP contribution >= 0.6 is 7.60 Å². The number of alkyl halides is 1. The van der Waals surface area contributed by atoms with Crippen molar-refractivity contribution in [2.75, 3.05) is 14.2 Å². The summed E-state index contributed by atoms with van der Waals surface area (Å²) in [5.41, 5.74) is -0.805. The van der Waals surface area contributed by atoms with Crippen molar-refractivity contribution in [3.8, 4) is 0 Å². The largest absolute Gasteiger partial charge is 0.353 e. The predicted molar refractivity (Wildman–Crippen MR) is 88.0 cm³/mol. The van der Waals surface area contributed by atoms with E-state index >= 15 is 0 Å². The van der Waals surface area contributed by atoms with Crippen LogP contribution in [0.1, 0.15) is 18.0 Å². The molecule has 0 fully saturated rings. The Bertz CT molecular complexity index is 805. The summed E-state index contributed by atoms with van der Waals surface area (Å²) in [7, 11) is -0.756. The van der Waals surface area contributed by atoms with Gasteiger partial charge in [0.25, 0.3) is 5.56 Å². The summed E-state index contributed by atoms with van der Waals surface area (Å²) >= 11 is 0. The summed E-state index contributed by atoms with van der Waals surface area (Å²) in [5.74, 6) is 1.00. The predicted octanol–water partition coefficient (Wildman–Crippen LogP) is 2.30. The lowest BCUT2D eigenvalue weighted by Gasteiger charge is -2.26. The van der Waals surface area contributed by atoms with Crippen LogP contribution in [0.4, 0.5) is 4.39 Å². The van der Waals surface area contributed by atoms with Crippen LogP contribution in [0.2, 0.25) is 0 Å². The normalized spacial score (nSPS) is 24.6. The molecule has 132 valence electrons. The van der Waals surface area contributed by atoms with Crippen LogP contribution in [-0.2, 0) is 13.6 Å². The van der Waals surface area contributed by atoms with Gasteiger partial charge in [0.15, 0.2) is 0 Å². The third-order valence-electron chi connectivity index (χ3n) is 3.92. The first kappa shape index (κ1) is 18.6. The molecule has 1 aromatic rings. The van der Waals surface area contributed by atoms with Gasteiger partial charge in [-0.05, 0) is 19.3 Å². The van der Waals surface area contributed by atoms with Gasteiger partial charge in [-0.1, -0.05) is 18.2 Å². The molecule has 7 nitrogen and oxygen atoms in total. The van der Waals surface area contributed by atoms with Gasteiger partial charge in [-0.2, -0.15) is 0 Å². The molecule has 3 atom stereocenters. The third-order valence-corrected chi connectivity index (χ3v) is 5.47. The summed E-state index contributed by atoms with van der Waals surface area (Å²) in [4.78, 5) is 25.4. The molecule has 0 bridgehead atoms. The van der Waals surface area contributed by atoms with Crippen molar-refractivity contribution in [1.82, 2.24) is 9.55 Å². The fraction of sp³-hybridized carbons (Fsp3) is 0.467. The molecule has 0 saturated heterocycles. The van der Waals surface area contributed by atoms with Gasteiger partial charge in [0.2, 0.25) is 0 Å². The Balaban J connectivity index is 2.24. The standard InChI is InChI=1S/C15H20FN2O5P/c1-10-9-18(15(20)17-14(10)19)13-5-4-11(8-12(13)16)6-7-24(21,22-2)23-3/h4-7,9,11-13H,8H2,1-3H3,(H,17,19,20)/b7-6+/t11?,12-,13-/m1/s1. The van der Waals surface area contributed by atoms with Gasteiger partial charge in [-0.15, -0.1) is 0 Å². The molecule has 0 saturated carbocycles. The molecule has 1 aliphatic carbocycles. The minimum absolute atomic E-state index is 0.107. The zero-order valence-corrected chi connectivity index (χ0v) is 14.5. The van der Waals surface area contributed by atoms with E-state index in [2.05, 4.69) is 4.98 Å². The summed E-state index contributed by atoms with van der Waals surface area (Å²) in [6, 6.07) is -0.797. The smallest absolute Gasteiger partial charge is 0.309 e. The molecule has 2 rings (SSSR count). The second-order valence-corrected chi connectivity index (χ2v) is 7.62. The van der Waals surface area contributed by atoms with E-state index in [1.165, 1.54) is 30.8 Å². The van der Waals surface area contributed by atoms with Gasteiger partial charge in [0, 0.05) is 31.8 Å². The first-order chi connectivity index (χ1) is 11.3. The molecule has 1 unspecified atom stereocenters. The average Bonchev–Trinajstić information content (AvgIpc) is 2.56. The van der Waals surface area contributed by atoms with Crippen molar-refractivity contribution in [3.63, 3.8) is 0 Å². The highest BCUT2D eigenvalue weighted by Crippen LogP contribution is 2.48. The van der Waals surface area contributed by atoms with Crippen molar-refractivity contribution < 1.29 is 18.0 Å². The minimum atomic E-state index is -3.29. The number of aromatic nitrogens is 2. The molecule has 0 spiro atoms. The Morgan fingerprint density at radius 1 is 1.33 bits per heavy atom.